The van der Waals surface area contributed by atoms with Crippen molar-refractivity contribution in [2.45, 2.75) is 45.6 Å². The van der Waals surface area contributed by atoms with E-state index in [0.29, 0.717) is 21.5 Å². The summed E-state index contributed by atoms with van der Waals surface area (Å²) in [4.78, 5) is 0.462. The molecule has 21 heavy (non-hydrogen) atoms. The first-order valence-corrected chi connectivity index (χ1v) is 7.84. The second-order valence-corrected chi connectivity index (χ2v) is 7.16. The van der Waals surface area contributed by atoms with E-state index in [9.17, 15) is 0 Å². The quantitative estimate of drug-likeness (QED) is 0.698. The third-order valence-corrected chi connectivity index (χ3v) is 4.95. The summed E-state index contributed by atoms with van der Waals surface area (Å²) in [6.07, 6.45) is 1.54. The first-order chi connectivity index (χ1) is 9.19. The van der Waals surface area contributed by atoms with E-state index < -0.39 is 0 Å². The Morgan fingerprint density at radius 3 is 2.29 bits per heavy atom. The van der Waals surface area contributed by atoms with E-state index in [-0.39, 0.29) is 29.8 Å². The molecular formula is C15H23Cl3N2S. The molecule has 0 aliphatic carbocycles. The predicted octanol–water partition coefficient (Wildman–Crippen LogP) is 4.94. The lowest BCUT2D eigenvalue weighted by molar-refractivity contribution is 0.243. The largest absolute Gasteiger partial charge is 0.393 e. The number of benzene rings is 1. The summed E-state index contributed by atoms with van der Waals surface area (Å²) in [5.41, 5.74) is 13.2. The average molecular weight is 370 g/mol. The lowest BCUT2D eigenvalue weighted by atomic mass is 9.72. The molecule has 0 fully saturated rings. The van der Waals surface area contributed by atoms with Crippen molar-refractivity contribution >= 4 is 52.8 Å². The normalized spacial score (nSPS) is 14.2. The predicted molar refractivity (Wildman–Crippen MR) is 99.9 cm³/mol. The molecule has 4 N–H and O–H groups in total. The molecule has 6 heteroatoms. The fourth-order valence-corrected chi connectivity index (χ4v) is 2.68. The Labute approximate surface area is 149 Å². The van der Waals surface area contributed by atoms with Crippen molar-refractivity contribution in [2.24, 2.45) is 16.9 Å². The number of hydrogen-bond acceptors (Lipinski definition) is 2. The fraction of sp³-hybridized carbons (Fsp3) is 0.533. The van der Waals surface area contributed by atoms with Gasteiger partial charge in [0.05, 0.1) is 15.0 Å². The summed E-state index contributed by atoms with van der Waals surface area (Å²) in [5.74, 6) is 0.0391. The van der Waals surface area contributed by atoms with Crippen LogP contribution in [0.4, 0.5) is 0 Å². The van der Waals surface area contributed by atoms with E-state index in [0.717, 1.165) is 12.0 Å². The highest BCUT2D eigenvalue weighted by Gasteiger charge is 2.32. The van der Waals surface area contributed by atoms with Crippen LogP contribution in [0.3, 0.4) is 0 Å². The van der Waals surface area contributed by atoms with Gasteiger partial charge in [-0.15, -0.1) is 12.4 Å². The van der Waals surface area contributed by atoms with Crippen molar-refractivity contribution in [3.8, 4) is 0 Å². The molecule has 1 rings (SSSR count). The second kappa shape index (κ2) is 8.54. The van der Waals surface area contributed by atoms with E-state index in [2.05, 4.69) is 20.8 Å². The maximum Gasteiger partial charge on any atom is 0.0734 e. The Bertz CT molecular complexity index is 492. The zero-order valence-corrected chi connectivity index (χ0v) is 15.7. The molecule has 0 aromatic heterocycles. The van der Waals surface area contributed by atoms with Crippen molar-refractivity contribution in [3.05, 3.63) is 33.8 Å². The Kier molecular flexibility index (Phi) is 8.52. The summed E-state index contributed by atoms with van der Waals surface area (Å²) in [5, 5.41) is 1.06. The van der Waals surface area contributed by atoms with Crippen LogP contribution in [0.2, 0.25) is 10.0 Å². The molecule has 0 aliphatic rings. The lowest BCUT2D eigenvalue weighted by Crippen LogP contribution is -2.43. The number of halogens is 3. The van der Waals surface area contributed by atoms with Crippen LogP contribution in [0.1, 0.15) is 45.1 Å². The van der Waals surface area contributed by atoms with Gasteiger partial charge in [-0.1, -0.05) is 62.3 Å². The number of rotatable bonds is 6. The highest BCUT2D eigenvalue weighted by molar-refractivity contribution is 7.80. The zero-order valence-electron chi connectivity index (χ0n) is 12.5. The maximum atomic E-state index is 6.48. The van der Waals surface area contributed by atoms with Gasteiger partial charge < -0.3 is 11.5 Å². The molecule has 2 atom stereocenters. The van der Waals surface area contributed by atoms with Gasteiger partial charge in [-0.25, -0.2) is 0 Å². The Morgan fingerprint density at radius 2 is 1.86 bits per heavy atom. The smallest absolute Gasteiger partial charge is 0.0734 e. The van der Waals surface area contributed by atoms with Crippen LogP contribution in [-0.4, -0.2) is 11.0 Å². The fourth-order valence-electron chi connectivity index (χ4n) is 2.19. The minimum atomic E-state index is -0.0637. The second-order valence-electron chi connectivity index (χ2n) is 5.82. The van der Waals surface area contributed by atoms with Crippen molar-refractivity contribution in [2.75, 3.05) is 0 Å². The van der Waals surface area contributed by atoms with E-state index in [1.807, 2.05) is 12.1 Å². The van der Waals surface area contributed by atoms with Gasteiger partial charge >= 0.3 is 0 Å². The Morgan fingerprint density at radius 1 is 1.29 bits per heavy atom. The van der Waals surface area contributed by atoms with Crippen LogP contribution < -0.4 is 11.5 Å². The molecule has 0 bridgehead atoms. The summed E-state index contributed by atoms with van der Waals surface area (Å²) in [6, 6.07) is 5.53. The van der Waals surface area contributed by atoms with E-state index in [1.54, 1.807) is 6.07 Å². The molecule has 120 valence electrons. The Balaban J connectivity index is 0.00000400. The van der Waals surface area contributed by atoms with Gasteiger partial charge in [0.1, 0.15) is 0 Å². The highest BCUT2D eigenvalue weighted by Crippen LogP contribution is 2.37. The highest BCUT2D eigenvalue weighted by atomic mass is 35.5. The van der Waals surface area contributed by atoms with Crippen molar-refractivity contribution in [1.29, 1.82) is 0 Å². The van der Waals surface area contributed by atoms with Crippen LogP contribution in [0, 0.1) is 5.41 Å². The van der Waals surface area contributed by atoms with E-state index in [4.69, 9.17) is 46.9 Å². The third kappa shape index (κ3) is 5.57. The molecule has 2 unspecified atom stereocenters. The topological polar surface area (TPSA) is 52.0 Å². The Hall–Kier alpha value is -0.0600. The SMILES string of the molecule is CCC(C)(C)C(N)C(CC(N)=S)c1ccc(Cl)c(Cl)c1.Cl. The zero-order chi connectivity index (χ0) is 15.5. The third-order valence-electron chi connectivity index (χ3n) is 4.04. The molecule has 0 amide bonds. The monoisotopic (exact) mass is 368 g/mol. The van der Waals surface area contributed by atoms with Gasteiger partial charge in [0.25, 0.3) is 0 Å². The molecule has 0 saturated carbocycles. The van der Waals surface area contributed by atoms with Gasteiger partial charge in [-0.3, -0.25) is 0 Å². The average Bonchev–Trinajstić information content (AvgIpc) is 2.38. The molecule has 1 aromatic rings. The molecule has 0 aliphatic heterocycles. The minimum Gasteiger partial charge on any atom is -0.393 e. The molecule has 2 nitrogen and oxygen atoms in total. The number of hydrogen-bond donors (Lipinski definition) is 2. The first-order valence-electron chi connectivity index (χ1n) is 6.68. The van der Waals surface area contributed by atoms with Gasteiger partial charge in [-0.05, 0) is 29.5 Å². The van der Waals surface area contributed by atoms with Gasteiger partial charge in [-0.2, -0.15) is 0 Å². The van der Waals surface area contributed by atoms with Crippen LogP contribution in [-0.2, 0) is 0 Å². The van der Waals surface area contributed by atoms with Crippen LogP contribution in [0.15, 0.2) is 18.2 Å². The summed E-state index contributed by atoms with van der Waals surface area (Å²) in [6.45, 7) is 6.44. The van der Waals surface area contributed by atoms with Crippen LogP contribution in [0.25, 0.3) is 0 Å². The summed E-state index contributed by atoms with van der Waals surface area (Å²) in [7, 11) is 0. The van der Waals surface area contributed by atoms with Crippen molar-refractivity contribution < 1.29 is 0 Å². The molecule has 0 heterocycles. The molecule has 1 aromatic carbocycles. The first kappa shape index (κ1) is 20.9. The number of thiocarbonyl (C=S) groups is 1. The number of nitrogens with two attached hydrogens (primary N) is 2. The maximum absolute atomic E-state index is 6.48. The summed E-state index contributed by atoms with van der Waals surface area (Å²) >= 11 is 17.2. The molecule has 0 saturated heterocycles. The lowest BCUT2D eigenvalue weighted by Gasteiger charge is -2.37. The molecule has 0 radical (unpaired) electrons. The van der Waals surface area contributed by atoms with Crippen LogP contribution in [0.5, 0.6) is 0 Å². The van der Waals surface area contributed by atoms with Gasteiger partial charge in [0.2, 0.25) is 0 Å². The van der Waals surface area contributed by atoms with E-state index >= 15 is 0 Å². The van der Waals surface area contributed by atoms with E-state index in [1.165, 1.54) is 0 Å². The molecule has 0 spiro atoms. The van der Waals surface area contributed by atoms with Crippen molar-refractivity contribution in [3.63, 3.8) is 0 Å². The van der Waals surface area contributed by atoms with Crippen LogP contribution >= 0.6 is 47.8 Å². The minimum absolute atomic E-state index is 0. The van der Waals surface area contributed by atoms with Gasteiger partial charge in [0.15, 0.2) is 0 Å². The van der Waals surface area contributed by atoms with Crippen molar-refractivity contribution in [1.82, 2.24) is 0 Å². The molecular weight excluding hydrogens is 347 g/mol. The summed E-state index contributed by atoms with van der Waals surface area (Å²) < 4.78 is 0. The van der Waals surface area contributed by atoms with Gasteiger partial charge in [0, 0.05) is 18.4 Å². The standard InChI is InChI=1S/C15H22Cl2N2S.ClH/c1-4-15(2,3)14(19)10(8-13(18)20)9-5-6-11(16)12(17)7-9;/h5-7,10,14H,4,8,19H2,1-3H3,(H2,18,20);1H.